The van der Waals surface area contributed by atoms with Gasteiger partial charge in [0.25, 0.3) is 5.91 Å². The molecule has 328 valence electrons. The van der Waals surface area contributed by atoms with Crippen molar-refractivity contribution in [3.05, 3.63) is 83.0 Å². The number of fused-ring (bicyclic) bond motifs is 3. The molecule has 8 aliphatic rings. The average molecular weight is 846 g/mol. The topological polar surface area (TPSA) is 123 Å². The van der Waals surface area contributed by atoms with E-state index in [1.807, 2.05) is 32.9 Å². The first-order chi connectivity index (χ1) is 28.5. The Morgan fingerprint density at radius 3 is 2.25 bits per heavy atom. The van der Waals surface area contributed by atoms with Crippen molar-refractivity contribution in [2.45, 2.75) is 122 Å². The molecule has 12 heteroatoms. The second kappa shape index (κ2) is 13.2. The Morgan fingerprint density at radius 1 is 0.885 bits per heavy atom. The highest BCUT2D eigenvalue weighted by Gasteiger charge is 2.78. The van der Waals surface area contributed by atoms with E-state index in [1.54, 1.807) is 24.1 Å². The van der Waals surface area contributed by atoms with Gasteiger partial charge >= 0.3 is 12.1 Å². The van der Waals surface area contributed by atoms with E-state index in [2.05, 4.69) is 26.0 Å². The van der Waals surface area contributed by atoms with E-state index < -0.39 is 67.9 Å². The summed E-state index contributed by atoms with van der Waals surface area (Å²) in [5.74, 6) is -0.635. The third-order valence-electron chi connectivity index (χ3n) is 18.4. The van der Waals surface area contributed by atoms with Crippen LogP contribution < -0.4 is 9.47 Å². The molecule has 4 bridgehead atoms. The second-order valence-electron chi connectivity index (χ2n) is 20.7. The van der Waals surface area contributed by atoms with E-state index in [9.17, 15) is 28.2 Å². The molecular weight excluding hydrogens is 788 g/mol. The first-order valence-corrected chi connectivity index (χ1v) is 21.8. The number of ketones is 1. The molecule has 1 saturated heterocycles. The van der Waals surface area contributed by atoms with Crippen LogP contribution in [0.25, 0.3) is 0 Å². The zero-order chi connectivity index (χ0) is 44.0. The zero-order valence-electron chi connectivity index (χ0n) is 36.2. The number of halogens is 3. The fraction of sp³-hybridized carbons (Fsp3) is 0.612. The quantitative estimate of drug-likeness (QED) is 0.146. The van der Waals surface area contributed by atoms with E-state index in [0.29, 0.717) is 80.4 Å². The number of nitrogens with zero attached hydrogens (tertiary/aromatic N) is 1. The highest BCUT2D eigenvalue weighted by molar-refractivity contribution is 6.10. The molecule has 2 N–H and O–H groups in total. The maximum Gasteiger partial charge on any atom is 0.416 e. The standard InChI is InChI=1S/C49H58F3NO8/c1-41(2)44(5)19-22-48(41,61-40(44)57)39(56)53(27-30-11-12-33(59-6)24-35(30)60-7)28-46(58)18-15-37-43(46,4)17-14-36-42(3)16-13-32(54)25-45(42)20-21-47(36,37)34(26-45)38(55)29-9-8-10-31(23-29)49(50,51)52/h8-12,20-21,23-24,26,32,36-37,54,58H,13-19,22,25,27-28H2,1-7H3. The Kier molecular flexibility index (Phi) is 9.11. The number of carbonyl (C=O) groups is 3. The second-order valence-corrected chi connectivity index (χ2v) is 20.7. The molecule has 61 heavy (non-hydrogen) atoms. The molecule has 9 nitrogen and oxygen atoms in total. The maximum atomic E-state index is 15.4. The molecule has 2 spiro atoms. The van der Waals surface area contributed by atoms with Crippen molar-refractivity contribution in [3.63, 3.8) is 0 Å². The number of benzene rings is 2. The number of amides is 1. The fourth-order valence-corrected chi connectivity index (χ4v) is 14.3. The Hall–Kier alpha value is -4.16. The predicted molar refractivity (Wildman–Crippen MR) is 219 cm³/mol. The number of ether oxygens (including phenoxy) is 3. The molecule has 5 fully saturated rings. The number of alkyl halides is 3. The number of allylic oxidation sites excluding steroid dienone is 4. The van der Waals surface area contributed by atoms with Gasteiger partial charge in [0.15, 0.2) is 11.4 Å². The van der Waals surface area contributed by atoms with Gasteiger partial charge in [-0.05, 0) is 106 Å². The Morgan fingerprint density at radius 2 is 1.59 bits per heavy atom. The number of aliphatic hydroxyl groups excluding tert-OH is 1. The summed E-state index contributed by atoms with van der Waals surface area (Å²) < 4.78 is 59.6. The largest absolute Gasteiger partial charge is 0.497 e. The average Bonchev–Trinajstić information content (AvgIpc) is 3.67. The lowest BCUT2D eigenvalue weighted by Crippen LogP contribution is -2.67. The minimum atomic E-state index is -4.64. The third kappa shape index (κ3) is 5.30. The summed E-state index contributed by atoms with van der Waals surface area (Å²) in [6.45, 7) is 9.93. The molecule has 1 amide bonds. The lowest BCUT2D eigenvalue weighted by molar-refractivity contribution is -0.187. The van der Waals surface area contributed by atoms with Gasteiger partial charge in [0, 0.05) is 51.0 Å². The van der Waals surface area contributed by atoms with E-state index in [1.165, 1.54) is 19.2 Å². The van der Waals surface area contributed by atoms with Crippen LogP contribution in [-0.2, 0) is 27.0 Å². The lowest BCUT2D eigenvalue weighted by Gasteiger charge is -2.71. The summed E-state index contributed by atoms with van der Waals surface area (Å²) in [5.41, 5.74) is -7.38. The summed E-state index contributed by atoms with van der Waals surface area (Å²) >= 11 is 0. The highest BCUT2D eigenvalue weighted by atomic mass is 19.4. The summed E-state index contributed by atoms with van der Waals surface area (Å²) in [5, 5.41) is 24.6. The van der Waals surface area contributed by atoms with Crippen LogP contribution >= 0.6 is 0 Å². The number of rotatable bonds is 9. The zero-order valence-corrected chi connectivity index (χ0v) is 36.2. The number of hydrogen-bond donors (Lipinski definition) is 2. The maximum absolute atomic E-state index is 15.4. The summed E-state index contributed by atoms with van der Waals surface area (Å²) in [6, 6.07) is 9.96. The number of carbonyl (C=O) groups excluding carboxylic acids is 3. The van der Waals surface area contributed by atoms with E-state index in [4.69, 9.17) is 14.2 Å². The van der Waals surface area contributed by atoms with E-state index >= 15 is 9.59 Å². The van der Waals surface area contributed by atoms with E-state index in [0.717, 1.165) is 12.1 Å². The molecule has 10 rings (SSSR count). The van der Waals surface area contributed by atoms with Crippen LogP contribution in [0.15, 0.2) is 66.3 Å². The smallest absolute Gasteiger partial charge is 0.416 e. The summed E-state index contributed by atoms with van der Waals surface area (Å²) in [7, 11) is 3.09. The number of aliphatic hydroxyl groups is 2. The molecule has 2 aromatic carbocycles. The van der Waals surface area contributed by atoms with Gasteiger partial charge in [-0.15, -0.1) is 0 Å². The van der Waals surface area contributed by atoms with Crippen molar-refractivity contribution in [1.29, 1.82) is 0 Å². The van der Waals surface area contributed by atoms with E-state index in [-0.39, 0.29) is 41.8 Å². The van der Waals surface area contributed by atoms with Gasteiger partial charge in [0.2, 0.25) is 0 Å². The fourth-order valence-electron chi connectivity index (χ4n) is 14.3. The van der Waals surface area contributed by atoms with Crippen LogP contribution in [0.3, 0.4) is 0 Å². The number of esters is 1. The normalized spacial score (nSPS) is 40.1. The van der Waals surface area contributed by atoms with Crippen LogP contribution in [0.4, 0.5) is 13.2 Å². The lowest BCUT2D eigenvalue weighted by atomic mass is 9.32. The minimum Gasteiger partial charge on any atom is -0.497 e. The Labute approximate surface area is 355 Å². The van der Waals surface area contributed by atoms with Gasteiger partial charge in [-0.1, -0.05) is 58.1 Å². The van der Waals surface area contributed by atoms with Gasteiger partial charge in [-0.3, -0.25) is 14.4 Å². The molecule has 0 aromatic heterocycles. The van der Waals surface area contributed by atoms with Crippen LogP contribution in [-0.4, -0.2) is 70.8 Å². The van der Waals surface area contributed by atoms with Crippen molar-refractivity contribution in [3.8, 4) is 11.5 Å². The van der Waals surface area contributed by atoms with Gasteiger partial charge < -0.3 is 29.3 Å². The molecule has 10 atom stereocenters. The van der Waals surface area contributed by atoms with Gasteiger partial charge in [-0.2, -0.15) is 13.2 Å². The number of Topliss-reactive ketones (excluding diaryl/α,β-unsaturated/α-hetero) is 1. The minimum absolute atomic E-state index is 0.0386. The van der Waals surface area contributed by atoms with Crippen LogP contribution in [0, 0.1) is 44.3 Å². The summed E-state index contributed by atoms with van der Waals surface area (Å²) in [6.07, 6.45) is 5.53. The van der Waals surface area contributed by atoms with Crippen molar-refractivity contribution < 1.29 is 52.0 Å². The van der Waals surface area contributed by atoms with Crippen LogP contribution in [0.1, 0.15) is 114 Å². The van der Waals surface area contributed by atoms with Crippen molar-refractivity contribution >= 4 is 17.7 Å². The first kappa shape index (κ1) is 42.2. The van der Waals surface area contributed by atoms with Gasteiger partial charge in [0.1, 0.15) is 11.5 Å². The number of methoxy groups -OCH3 is 2. The van der Waals surface area contributed by atoms with Gasteiger partial charge in [0.05, 0.1) is 43.4 Å². The molecule has 1 aliphatic heterocycles. The SMILES string of the molecule is COc1ccc(CN(CC2(O)CCC3C45C=CC6(C=C4C(=O)c4cccc(C(F)(F)F)c4)CC(O)CCC6(C)C5CCC32C)C(=O)C23CCC(C)(C(=O)O2)C3(C)C)c(OC)c1. The molecule has 2 aromatic rings. The highest BCUT2D eigenvalue weighted by Crippen LogP contribution is 2.78. The van der Waals surface area contributed by atoms with Crippen molar-refractivity contribution in [2.24, 2.45) is 44.3 Å². The van der Waals surface area contributed by atoms with Crippen LogP contribution in [0.5, 0.6) is 11.5 Å². The van der Waals surface area contributed by atoms with Gasteiger partial charge in [-0.25, -0.2) is 0 Å². The molecule has 1 heterocycles. The van der Waals surface area contributed by atoms with Crippen molar-refractivity contribution in [2.75, 3.05) is 20.8 Å². The monoisotopic (exact) mass is 845 g/mol. The van der Waals surface area contributed by atoms with Crippen molar-refractivity contribution in [1.82, 2.24) is 4.90 Å². The molecule has 7 aliphatic carbocycles. The predicted octanol–water partition coefficient (Wildman–Crippen LogP) is 8.65. The Bertz CT molecular complexity index is 2290. The van der Waals surface area contributed by atoms with Crippen LogP contribution in [0.2, 0.25) is 0 Å². The molecule has 10 unspecified atom stereocenters. The third-order valence-corrected chi connectivity index (χ3v) is 18.4. The summed E-state index contributed by atoms with van der Waals surface area (Å²) in [4.78, 5) is 45.6. The number of hydrogen-bond acceptors (Lipinski definition) is 8. The molecule has 0 radical (unpaired) electrons. The first-order valence-electron chi connectivity index (χ1n) is 21.8. The Balaban J connectivity index is 1.15. The molecular formula is C49H58F3NO8. The molecule has 4 saturated carbocycles.